The number of carbonyl (C=O) groups excluding carboxylic acids is 2. The minimum absolute atomic E-state index is 0.0137. The van der Waals surface area contributed by atoms with Crippen LogP contribution in [0.4, 0.5) is 0 Å². The summed E-state index contributed by atoms with van der Waals surface area (Å²) in [6.07, 6.45) is -0.111. The van der Waals surface area contributed by atoms with Crippen LogP contribution < -0.4 is 5.32 Å². The lowest BCUT2D eigenvalue weighted by atomic mass is 10.1. The molecule has 0 heterocycles. The molecule has 17 heavy (non-hydrogen) atoms. The fraction of sp³-hybridized carbons (Fsp3) is 0.727. The van der Waals surface area contributed by atoms with Gasteiger partial charge in [0.05, 0.1) is 6.42 Å². The van der Waals surface area contributed by atoms with Crippen LogP contribution in [0.25, 0.3) is 0 Å². The predicted molar refractivity (Wildman–Crippen MR) is 66.8 cm³/mol. The van der Waals surface area contributed by atoms with E-state index in [2.05, 4.69) is 5.32 Å². The third-order valence-electron chi connectivity index (χ3n) is 2.12. The molecule has 1 amide bonds. The van der Waals surface area contributed by atoms with Gasteiger partial charge in [0.1, 0.15) is 0 Å². The van der Waals surface area contributed by atoms with E-state index in [0.29, 0.717) is 6.54 Å². The molecule has 0 aliphatic heterocycles. The summed E-state index contributed by atoms with van der Waals surface area (Å²) < 4.78 is 0. The molecule has 5 nitrogen and oxygen atoms in total. The SMILES string of the molecule is CC(=O)NCC(SC(=O)CCC(=O)O)C(C)C. The number of carboxylic acid groups (broad SMARTS) is 1. The van der Waals surface area contributed by atoms with Crippen molar-refractivity contribution in [1.29, 1.82) is 0 Å². The molecule has 0 saturated heterocycles. The van der Waals surface area contributed by atoms with Gasteiger partial charge in [-0.05, 0) is 5.92 Å². The van der Waals surface area contributed by atoms with E-state index in [1.165, 1.54) is 6.92 Å². The quantitative estimate of drug-likeness (QED) is 0.721. The first-order valence-corrected chi connectivity index (χ1v) is 6.36. The summed E-state index contributed by atoms with van der Waals surface area (Å²) in [5, 5.41) is 11.0. The van der Waals surface area contributed by atoms with Crippen molar-refractivity contribution in [3.8, 4) is 0 Å². The van der Waals surface area contributed by atoms with Gasteiger partial charge in [-0.3, -0.25) is 14.4 Å². The topological polar surface area (TPSA) is 83.5 Å². The smallest absolute Gasteiger partial charge is 0.303 e. The number of carbonyl (C=O) groups is 3. The van der Waals surface area contributed by atoms with Gasteiger partial charge >= 0.3 is 5.97 Å². The van der Waals surface area contributed by atoms with E-state index in [4.69, 9.17) is 5.11 Å². The van der Waals surface area contributed by atoms with Gasteiger partial charge in [0, 0.05) is 25.1 Å². The molecular formula is C11H19NO4S. The number of amides is 1. The predicted octanol–water partition coefficient (Wildman–Crippen LogP) is 1.27. The molecule has 0 aliphatic rings. The maximum Gasteiger partial charge on any atom is 0.303 e. The Morgan fingerprint density at radius 3 is 2.24 bits per heavy atom. The summed E-state index contributed by atoms with van der Waals surface area (Å²) in [5.41, 5.74) is 0. The second-order valence-corrected chi connectivity index (χ2v) is 5.40. The second kappa shape index (κ2) is 8.11. The zero-order chi connectivity index (χ0) is 13.4. The van der Waals surface area contributed by atoms with Crippen molar-refractivity contribution in [2.75, 3.05) is 6.54 Å². The average molecular weight is 261 g/mol. The van der Waals surface area contributed by atoms with E-state index < -0.39 is 5.97 Å². The Hall–Kier alpha value is -1.04. The first-order valence-electron chi connectivity index (χ1n) is 5.48. The minimum atomic E-state index is -0.970. The van der Waals surface area contributed by atoms with Gasteiger partial charge in [0.2, 0.25) is 5.91 Å². The van der Waals surface area contributed by atoms with Gasteiger partial charge in [-0.1, -0.05) is 25.6 Å². The van der Waals surface area contributed by atoms with Crippen molar-refractivity contribution in [3.63, 3.8) is 0 Å². The Labute approximate surface area is 105 Å². The van der Waals surface area contributed by atoms with Crippen LogP contribution >= 0.6 is 11.8 Å². The van der Waals surface area contributed by atoms with E-state index >= 15 is 0 Å². The van der Waals surface area contributed by atoms with Crippen LogP contribution in [0.15, 0.2) is 0 Å². The Balaban J connectivity index is 4.10. The number of carboxylic acids is 1. The zero-order valence-corrected chi connectivity index (χ0v) is 11.2. The Morgan fingerprint density at radius 2 is 1.82 bits per heavy atom. The minimum Gasteiger partial charge on any atom is -0.481 e. The Morgan fingerprint density at radius 1 is 1.24 bits per heavy atom. The molecule has 2 N–H and O–H groups in total. The lowest BCUT2D eigenvalue weighted by molar-refractivity contribution is -0.138. The zero-order valence-electron chi connectivity index (χ0n) is 10.4. The van der Waals surface area contributed by atoms with Crippen LogP contribution in [0.2, 0.25) is 0 Å². The van der Waals surface area contributed by atoms with Crippen molar-refractivity contribution in [2.45, 2.75) is 38.9 Å². The molecule has 0 radical (unpaired) electrons. The van der Waals surface area contributed by atoms with Crippen molar-refractivity contribution in [2.24, 2.45) is 5.92 Å². The molecule has 0 bridgehead atoms. The van der Waals surface area contributed by atoms with E-state index in [1.807, 2.05) is 13.8 Å². The fourth-order valence-corrected chi connectivity index (χ4v) is 2.09. The van der Waals surface area contributed by atoms with E-state index in [1.54, 1.807) is 0 Å². The lowest BCUT2D eigenvalue weighted by Gasteiger charge is -2.19. The summed E-state index contributed by atoms with van der Waals surface area (Å²) >= 11 is 1.12. The number of aliphatic carboxylic acids is 1. The maximum atomic E-state index is 11.5. The standard InChI is InChI=1S/C11H19NO4S/c1-7(2)9(6-12-8(3)13)17-11(16)5-4-10(14)15/h7,9H,4-6H2,1-3H3,(H,12,13)(H,14,15). The highest BCUT2D eigenvalue weighted by Gasteiger charge is 2.19. The fourth-order valence-electron chi connectivity index (χ4n) is 1.09. The molecule has 1 atom stereocenters. The number of nitrogens with one attached hydrogen (secondary N) is 1. The van der Waals surface area contributed by atoms with Crippen LogP contribution in [0.5, 0.6) is 0 Å². The molecule has 0 spiro atoms. The highest BCUT2D eigenvalue weighted by molar-refractivity contribution is 8.14. The van der Waals surface area contributed by atoms with Gasteiger partial charge in [-0.15, -0.1) is 0 Å². The van der Waals surface area contributed by atoms with Crippen LogP contribution in [0.1, 0.15) is 33.6 Å². The van der Waals surface area contributed by atoms with Gasteiger partial charge in [-0.25, -0.2) is 0 Å². The molecule has 0 aromatic carbocycles. The van der Waals surface area contributed by atoms with Crippen LogP contribution in [-0.2, 0) is 14.4 Å². The summed E-state index contributed by atoms with van der Waals surface area (Å²) in [4.78, 5) is 32.6. The molecule has 1 unspecified atom stereocenters. The maximum absolute atomic E-state index is 11.5. The number of hydrogen-bond donors (Lipinski definition) is 2. The van der Waals surface area contributed by atoms with Gasteiger partial charge in [0.25, 0.3) is 0 Å². The second-order valence-electron chi connectivity index (χ2n) is 4.10. The molecule has 0 aliphatic carbocycles. The van der Waals surface area contributed by atoms with E-state index in [0.717, 1.165) is 11.8 Å². The summed E-state index contributed by atoms with van der Waals surface area (Å²) in [6, 6.07) is 0. The molecule has 98 valence electrons. The summed E-state index contributed by atoms with van der Waals surface area (Å²) in [5.74, 6) is -0.864. The molecule has 0 aromatic rings. The van der Waals surface area contributed by atoms with Gasteiger partial charge in [-0.2, -0.15) is 0 Å². The average Bonchev–Trinajstić information content (AvgIpc) is 2.20. The largest absolute Gasteiger partial charge is 0.481 e. The molecule has 6 heteroatoms. The van der Waals surface area contributed by atoms with E-state index in [-0.39, 0.29) is 35.0 Å². The van der Waals surface area contributed by atoms with Crippen LogP contribution in [-0.4, -0.2) is 33.9 Å². The molecular weight excluding hydrogens is 242 g/mol. The third kappa shape index (κ3) is 8.74. The lowest BCUT2D eigenvalue weighted by Crippen LogP contribution is -2.32. The van der Waals surface area contributed by atoms with Crippen LogP contribution in [0.3, 0.4) is 0 Å². The molecule has 0 rings (SSSR count). The van der Waals surface area contributed by atoms with Gasteiger partial charge < -0.3 is 10.4 Å². The normalized spacial score (nSPS) is 12.2. The highest BCUT2D eigenvalue weighted by Crippen LogP contribution is 2.21. The van der Waals surface area contributed by atoms with Crippen molar-refractivity contribution >= 4 is 28.8 Å². The third-order valence-corrected chi connectivity index (χ3v) is 3.60. The number of rotatable bonds is 7. The van der Waals surface area contributed by atoms with Crippen molar-refractivity contribution in [3.05, 3.63) is 0 Å². The molecule has 0 aromatic heterocycles. The first kappa shape index (κ1) is 16.0. The number of hydrogen-bond acceptors (Lipinski definition) is 4. The summed E-state index contributed by atoms with van der Waals surface area (Å²) in [6.45, 7) is 5.78. The Kier molecular flexibility index (Phi) is 7.61. The number of thioether (sulfide) groups is 1. The monoisotopic (exact) mass is 261 g/mol. The molecule has 0 saturated carbocycles. The summed E-state index contributed by atoms with van der Waals surface area (Å²) in [7, 11) is 0. The van der Waals surface area contributed by atoms with Crippen molar-refractivity contribution in [1.82, 2.24) is 5.32 Å². The van der Waals surface area contributed by atoms with Crippen LogP contribution in [0, 0.1) is 5.92 Å². The Bertz CT molecular complexity index is 291. The molecule has 0 fully saturated rings. The first-order chi connectivity index (χ1) is 7.82. The van der Waals surface area contributed by atoms with E-state index in [9.17, 15) is 14.4 Å². The van der Waals surface area contributed by atoms with Gasteiger partial charge in [0.15, 0.2) is 5.12 Å². The highest BCUT2D eigenvalue weighted by atomic mass is 32.2. The van der Waals surface area contributed by atoms with Crippen molar-refractivity contribution < 1.29 is 19.5 Å².